The maximum atomic E-state index is 5.69. The zero-order valence-electron chi connectivity index (χ0n) is 16.8. The van der Waals surface area contributed by atoms with Crippen molar-refractivity contribution in [3.8, 4) is 17.2 Å². The van der Waals surface area contributed by atoms with Gasteiger partial charge in [-0.3, -0.25) is 9.47 Å². The molecule has 1 aliphatic rings. The first kappa shape index (κ1) is 18.0. The molecular formula is C23H21N7O. The summed E-state index contributed by atoms with van der Waals surface area (Å²) in [6.45, 7) is 1.87. The van der Waals surface area contributed by atoms with Gasteiger partial charge in [0.1, 0.15) is 12.1 Å². The fraction of sp³-hybridized carbons (Fsp3) is 0.217. The topological polar surface area (TPSA) is 88.7 Å². The minimum Gasteiger partial charge on any atom is -0.361 e. The number of nitrogens with one attached hydrogen (secondary N) is 1. The van der Waals surface area contributed by atoms with Gasteiger partial charge in [-0.15, -0.1) is 0 Å². The van der Waals surface area contributed by atoms with Crippen LogP contribution in [0.3, 0.4) is 0 Å². The van der Waals surface area contributed by atoms with Crippen LogP contribution in [0.15, 0.2) is 72.0 Å². The molecule has 8 heteroatoms. The molecule has 1 aromatic carbocycles. The highest BCUT2D eigenvalue weighted by Crippen LogP contribution is 2.34. The van der Waals surface area contributed by atoms with E-state index in [1.807, 2.05) is 22.9 Å². The first-order valence-corrected chi connectivity index (χ1v) is 10.4. The van der Waals surface area contributed by atoms with Crippen LogP contribution >= 0.6 is 0 Å². The van der Waals surface area contributed by atoms with Gasteiger partial charge >= 0.3 is 0 Å². The molecule has 0 spiro atoms. The van der Waals surface area contributed by atoms with E-state index in [2.05, 4.69) is 55.5 Å². The molecule has 5 aromatic rings. The van der Waals surface area contributed by atoms with E-state index in [1.165, 1.54) is 16.5 Å². The van der Waals surface area contributed by atoms with Crippen LogP contribution in [0.4, 0.5) is 0 Å². The van der Waals surface area contributed by atoms with Crippen molar-refractivity contribution in [2.24, 2.45) is 0 Å². The van der Waals surface area contributed by atoms with Gasteiger partial charge in [0.15, 0.2) is 0 Å². The quantitative estimate of drug-likeness (QED) is 0.468. The summed E-state index contributed by atoms with van der Waals surface area (Å²) >= 11 is 0. The number of fused-ring (bicyclic) bond motifs is 1. The predicted octanol–water partition coefficient (Wildman–Crippen LogP) is 4.14. The molecule has 1 saturated heterocycles. The first-order valence-electron chi connectivity index (χ1n) is 10.4. The Bertz CT molecular complexity index is 1300. The fourth-order valence-electron chi connectivity index (χ4n) is 4.33. The number of rotatable bonds is 5. The molecule has 6 rings (SSSR count). The molecule has 1 atom stereocenters. The molecular weight excluding hydrogens is 390 g/mol. The Hall–Kier alpha value is -3.78. The van der Waals surface area contributed by atoms with Gasteiger partial charge in [-0.25, -0.2) is 9.97 Å². The van der Waals surface area contributed by atoms with Crippen molar-refractivity contribution in [2.75, 3.05) is 6.54 Å². The minimum atomic E-state index is 0.132. The molecule has 31 heavy (non-hydrogen) atoms. The lowest BCUT2D eigenvalue weighted by Crippen LogP contribution is -2.22. The molecule has 0 bridgehead atoms. The van der Waals surface area contributed by atoms with E-state index in [1.54, 1.807) is 18.7 Å². The summed E-state index contributed by atoms with van der Waals surface area (Å²) < 4.78 is 7.54. The average molecular weight is 411 g/mol. The minimum absolute atomic E-state index is 0.132. The summed E-state index contributed by atoms with van der Waals surface area (Å²) in [6, 6.07) is 12.4. The first-order chi connectivity index (χ1) is 15.3. The Morgan fingerprint density at radius 3 is 3.00 bits per heavy atom. The molecule has 4 aromatic heterocycles. The van der Waals surface area contributed by atoms with Gasteiger partial charge in [-0.2, -0.15) is 4.98 Å². The molecule has 1 unspecified atom stereocenters. The van der Waals surface area contributed by atoms with Crippen molar-refractivity contribution in [3.63, 3.8) is 0 Å². The molecule has 154 valence electrons. The Labute approximate surface area is 178 Å². The number of nitrogens with zero attached hydrogens (tertiary/aromatic N) is 6. The third-order valence-electron chi connectivity index (χ3n) is 5.91. The molecule has 0 saturated carbocycles. The molecule has 0 aliphatic carbocycles. The highest BCUT2D eigenvalue weighted by molar-refractivity contribution is 5.82. The number of likely N-dealkylation sites (tertiary alicyclic amines) is 1. The number of pyridine rings is 1. The largest absolute Gasteiger partial charge is 0.361 e. The molecule has 8 nitrogen and oxygen atoms in total. The smallest absolute Gasteiger partial charge is 0.244 e. The summed E-state index contributed by atoms with van der Waals surface area (Å²) in [6.07, 6.45) is 11.3. The zero-order valence-corrected chi connectivity index (χ0v) is 16.8. The third-order valence-corrected chi connectivity index (χ3v) is 5.91. The Morgan fingerprint density at radius 2 is 2.13 bits per heavy atom. The summed E-state index contributed by atoms with van der Waals surface area (Å²) in [5, 5.41) is 5.49. The van der Waals surface area contributed by atoms with Crippen LogP contribution in [-0.2, 0) is 6.54 Å². The average Bonchev–Trinajstić information content (AvgIpc) is 3.61. The van der Waals surface area contributed by atoms with Gasteiger partial charge in [0, 0.05) is 47.8 Å². The van der Waals surface area contributed by atoms with Gasteiger partial charge < -0.3 is 9.51 Å². The summed E-state index contributed by atoms with van der Waals surface area (Å²) in [5.74, 6) is 2.04. The van der Waals surface area contributed by atoms with E-state index >= 15 is 0 Å². The third kappa shape index (κ3) is 3.30. The van der Waals surface area contributed by atoms with Crippen LogP contribution < -0.4 is 0 Å². The summed E-state index contributed by atoms with van der Waals surface area (Å²) in [7, 11) is 0. The lowest BCUT2D eigenvalue weighted by molar-refractivity contribution is 0.202. The second-order valence-corrected chi connectivity index (χ2v) is 7.82. The van der Waals surface area contributed by atoms with Crippen LogP contribution in [0.25, 0.3) is 28.1 Å². The summed E-state index contributed by atoms with van der Waals surface area (Å²) in [4.78, 5) is 19.0. The number of H-pyrrole nitrogens is 1. The zero-order chi connectivity index (χ0) is 20.6. The Kier molecular flexibility index (Phi) is 4.35. The number of aromatic amines is 1. The highest BCUT2D eigenvalue weighted by Gasteiger charge is 2.31. The standard InChI is InChI=1S/C23H21N7O/c1-2-5-19-18(4-1)17(13-25-19)14-29-10-3-6-20(29)23-27-22(28-31-23)16-7-8-21(26-12-16)30-11-9-24-15-30/h1-2,4-5,7-9,11-13,15,20,25H,3,6,10,14H2. The second kappa shape index (κ2) is 7.48. The van der Waals surface area contributed by atoms with Crippen LogP contribution in [0.2, 0.25) is 0 Å². The van der Waals surface area contributed by atoms with Gasteiger partial charge in [0.2, 0.25) is 11.7 Å². The van der Waals surface area contributed by atoms with Crippen molar-refractivity contribution >= 4 is 10.9 Å². The van der Waals surface area contributed by atoms with Gasteiger partial charge in [0.05, 0.1) is 6.04 Å². The molecule has 5 heterocycles. The van der Waals surface area contributed by atoms with Crippen molar-refractivity contribution in [2.45, 2.75) is 25.4 Å². The number of aromatic nitrogens is 6. The molecule has 1 aliphatic heterocycles. The number of imidazole rings is 1. The van der Waals surface area contributed by atoms with E-state index < -0.39 is 0 Å². The lowest BCUT2D eigenvalue weighted by Gasteiger charge is -2.21. The van der Waals surface area contributed by atoms with E-state index in [-0.39, 0.29) is 6.04 Å². The van der Waals surface area contributed by atoms with Gasteiger partial charge in [-0.05, 0) is 43.1 Å². The van der Waals surface area contributed by atoms with Crippen molar-refractivity contribution in [1.29, 1.82) is 0 Å². The monoisotopic (exact) mass is 411 g/mol. The maximum absolute atomic E-state index is 5.69. The van der Waals surface area contributed by atoms with Gasteiger partial charge in [0.25, 0.3) is 0 Å². The Balaban J connectivity index is 1.22. The van der Waals surface area contributed by atoms with E-state index in [4.69, 9.17) is 9.51 Å². The normalized spacial score (nSPS) is 17.0. The van der Waals surface area contributed by atoms with E-state index in [0.29, 0.717) is 11.7 Å². The maximum Gasteiger partial charge on any atom is 0.244 e. The number of para-hydroxylation sites is 1. The lowest BCUT2D eigenvalue weighted by atomic mass is 10.1. The number of hydrogen-bond donors (Lipinski definition) is 1. The van der Waals surface area contributed by atoms with Gasteiger partial charge in [-0.1, -0.05) is 23.4 Å². The Morgan fingerprint density at radius 1 is 1.16 bits per heavy atom. The van der Waals surface area contributed by atoms with Crippen molar-refractivity contribution in [1.82, 2.24) is 34.6 Å². The number of benzene rings is 1. The fourth-order valence-corrected chi connectivity index (χ4v) is 4.33. The van der Waals surface area contributed by atoms with Crippen molar-refractivity contribution in [3.05, 3.63) is 79.0 Å². The van der Waals surface area contributed by atoms with Crippen LogP contribution in [0.1, 0.15) is 30.3 Å². The molecule has 0 radical (unpaired) electrons. The van der Waals surface area contributed by atoms with E-state index in [9.17, 15) is 0 Å². The van der Waals surface area contributed by atoms with Crippen LogP contribution in [-0.4, -0.2) is 41.1 Å². The second-order valence-electron chi connectivity index (χ2n) is 7.82. The summed E-state index contributed by atoms with van der Waals surface area (Å²) in [5.41, 5.74) is 3.29. The molecule has 0 amide bonds. The van der Waals surface area contributed by atoms with Crippen molar-refractivity contribution < 1.29 is 4.52 Å². The predicted molar refractivity (Wildman–Crippen MR) is 115 cm³/mol. The molecule has 1 fully saturated rings. The van der Waals surface area contributed by atoms with Crippen LogP contribution in [0.5, 0.6) is 0 Å². The number of hydrogen-bond acceptors (Lipinski definition) is 6. The van der Waals surface area contributed by atoms with E-state index in [0.717, 1.165) is 37.3 Å². The SMILES string of the molecule is c1ccc2c(CN3CCCC3c3nc(-c4ccc(-n5ccnc5)nc4)no3)c[nH]c2c1. The molecule has 1 N–H and O–H groups in total. The highest BCUT2D eigenvalue weighted by atomic mass is 16.5. The van der Waals surface area contributed by atoms with Crippen LogP contribution in [0, 0.1) is 0 Å².